The molecule has 0 saturated heterocycles. The highest BCUT2D eigenvalue weighted by molar-refractivity contribution is 5.93. The van der Waals surface area contributed by atoms with E-state index in [1.165, 1.54) is 10.8 Å². The highest BCUT2D eigenvalue weighted by Gasteiger charge is 2.01. The van der Waals surface area contributed by atoms with Crippen molar-refractivity contribution in [2.45, 2.75) is 0 Å². The number of nitrogens with zero attached hydrogens (tertiary/aromatic N) is 1. The smallest absolute Gasteiger partial charge is 0.119 e. The number of ether oxygens (including phenoxy) is 1. The average molecular weight is 311 g/mol. The van der Waals surface area contributed by atoms with Gasteiger partial charge in [0.1, 0.15) is 5.75 Å². The van der Waals surface area contributed by atoms with Gasteiger partial charge in [-0.3, -0.25) is 0 Å². The summed E-state index contributed by atoms with van der Waals surface area (Å²) in [6, 6.07) is 28.9. The Morgan fingerprint density at radius 1 is 0.625 bits per heavy atom. The maximum absolute atomic E-state index is 5.23. The Morgan fingerprint density at radius 2 is 1.17 bits per heavy atom. The fraction of sp³-hybridized carbons (Fsp3) is 0.0455. The van der Waals surface area contributed by atoms with Crippen molar-refractivity contribution in [3.05, 3.63) is 90.3 Å². The highest BCUT2D eigenvalue weighted by Crippen LogP contribution is 2.20. The van der Waals surface area contributed by atoms with Gasteiger partial charge in [0, 0.05) is 10.8 Å². The third kappa shape index (κ3) is 2.63. The number of rotatable bonds is 2. The summed E-state index contributed by atoms with van der Waals surface area (Å²) in [6.07, 6.45) is 0. The van der Waals surface area contributed by atoms with Crippen LogP contribution in [0.3, 0.4) is 0 Å². The summed E-state index contributed by atoms with van der Waals surface area (Å²) in [6.45, 7) is 0. The molecule has 0 aliphatic heterocycles. The second-order valence-corrected chi connectivity index (χ2v) is 5.67. The molecule has 116 valence electrons. The van der Waals surface area contributed by atoms with Crippen LogP contribution in [0.25, 0.3) is 21.5 Å². The van der Waals surface area contributed by atoms with Gasteiger partial charge in [-0.05, 0) is 35.0 Å². The largest absolute Gasteiger partial charge is 0.497 e. The van der Waals surface area contributed by atoms with Crippen molar-refractivity contribution in [2.75, 3.05) is 7.11 Å². The molecule has 24 heavy (non-hydrogen) atoms. The maximum Gasteiger partial charge on any atom is 0.119 e. The summed E-state index contributed by atoms with van der Waals surface area (Å²) >= 11 is 0. The van der Waals surface area contributed by atoms with Crippen LogP contribution in [0.5, 0.6) is 5.75 Å². The molecule has 2 heteroatoms. The Labute approximate surface area is 140 Å². The van der Waals surface area contributed by atoms with Crippen LogP contribution in [-0.4, -0.2) is 7.11 Å². The van der Waals surface area contributed by atoms with Crippen LogP contribution in [0.15, 0.2) is 89.9 Å². The number of hydrogen-bond acceptors (Lipinski definition) is 2. The van der Waals surface area contributed by atoms with E-state index in [4.69, 9.17) is 9.73 Å². The van der Waals surface area contributed by atoms with Crippen LogP contribution >= 0.6 is 0 Å². The van der Waals surface area contributed by atoms with E-state index in [2.05, 4.69) is 60.7 Å². The van der Waals surface area contributed by atoms with E-state index in [0.29, 0.717) is 0 Å². The molecule has 0 fully saturated rings. The Kier molecular flexibility index (Phi) is 3.72. The number of fused-ring (bicyclic) bond motifs is 2. The van der Waals surface area contributed by atoms with Gasteiger partial charge in [0.05, 0.1) is 18.2 Å². The van der Waals surface area contributed by atoms with E-state index < -0.39 is 0 Å². The van der Waals surface area contributed by atoms with Gasteiger partial charge in [0.25, 0.3) is 0 Å². The van der Waals surface area contributed by atoms with E-state index in [-0.39, 0.29) is 0 Å². The summed E-state index contributed by atoms with van der Waals surface area (Å²) in [5, 5.41) is 5.65. The van der Waals surface area contributed by atoms with Crippen molar-refractivity contribution in [3.63, 3.8) is 0 Å². The molecular formula is C22H17NO. The standard InChI is InChI=1S/C22H17NO/c1-24-19-14-12-18(13-15-19)23-22-20-8-4-2-6-16(20)10-11-17-7-3-5-9-21(17)22/h2-15H,1H3. The first-order chi connectivity index (χ1) is 11.8. The zero-order valence-corrected chi connectivity index (χ0v) is 13.4. The minimum atomic E-state index is 0.835. The lowest BCUT2D eigenvalue weighted by Crippen LogP contribution is -2.01. The summed E-state index contributed by atoms with van der Waals surface area (Å²) in [5.74, 6) is 0.835. The Bertz CT molecular complexity index is 1020. The van der Waals surface area contributed by atoms with E-state index in [1.54, 1.807) is 7.11 Å². The first kappa shape index (κ1) is 14.5. The molecule has 0 atom stereocenters. The van der Waals surface area contributed by atoms with Crippen molar-refractivity contribution in [1.82, 2.24) is 0 Å². The first-order valence-electron chi connectivity index (χ1n) is 7.95. The Balaban J connectivity index is 2.12. The lowest BCUT2D eigenvalue weighted by molar-refractivity contribution is 0.415. The minimum absolute atomic E-state index is 0.835. The van der Waals surface area contributed by atoms with E-state index in [1.807, 2.05) is 24.3 Å². The van der Waals surface area contributed by atoms with Crippen LogP contribution in [0.1, 0.15) is 0 Å². The maximum atomic E-state index is 5.23. The minimum Gasteiger partial charge on any atom is -0.497 e. The van der Waals surface area contributed by atoms with E-state index in [0.717, 1.165) is 27.6 Å². The van der Waals surface area contributed by atoms with Gasteiger partial charge in [0.15, 0.2) is 0 Å². The lowest BCUT2D eigenvalue weighted by atomic mass is 10.1. The van der Waals surface area contributed by atoms with Gasteiger partial charge in [-0.25, -0.2) is 4.99 Å². The van der Waals surface area contributed by atoms with Crippen LogP contribution in [0.4, 0.5) is 5.69 Å². The third-order valence-corrected chi connectivity index (χ3v) is 4.19. The van der Waals surface area contributed by atoms with Crippen LogP contribution in [0, 0.1) is 0 Å². The van der Waals surface area contributed by atoms with Gasteiger partial charge < -0.3 is 4.74 Å². The second kappa shape index (κ2) is 6.17. The summed E-state index contributed by atoms with van der Waals surface area (Å²) in [7, 11) is 1.67. The van der Waals surface area contributed by atoms with Crippen LogP contribution in [-0.2, 0) is 0 Å². The second-order valence-electron chi connectivity index (χ2n) is 5.67. The molecule has 0 radical (unpaired) electrons. The van der Waals surface area contributed by atoms with Crippen LogP contribution in [0.2, 0.25) is 0 Å². The van der Waals surface area contributed by atoms with Crippen LogP contribution < -0.4 is 10.1 Å². The van der Waals surface area contributed by atoms with Crippen molar-refractivity contribution < 1.29 is 4.74 Å². The molecule has 0 spiro atoms. The molecule has 0 aliphatic carbocycles. The van der Waals surface area contributed by atoms with E-state index >= 15 is 0 Å². The van der Waals surface area contributed by atoms with Crippen molar-refractivity contribution in [3.8, 4) is 5.75 Å². The van der Waals surface area contributed by atoms with E-state index in [9.17, 15) is 0 Å². The third-order valence-electron chi connectivity index (χ3n) is 4.19. The summed E-state index contributed by atoms with van der Waals surface area (Å²) in [5.41, 5.74) is 0.914. The molecule has 0 amide bonds. The van der Waals surface area contributed by atoms with Gasteiger partial charge >= 0.3 is 0 Å². The first-order valence-corrected chi connectivity index (χ1v) is 7.95. The summed E-state index contributed by atoms with van der Waals surface area (Å²) < 4.78 is 5.23. The normalized spacial score (nSPS) is 10.7. The predicted molar refractivity (Wildman–Crippen MR) is 99.7 cm³/mol. The molecule has 0 unspecified atom stereocenters. The molecule has 0 N–H and O–H groups in total. The number of benzene rings is 3. The highest BCUT2D eigenvalue weighted by atomic mass is 16.5. The fourth-order valence-electron chi connectivity index (χ4n) is 2.95. The topological polar surface area (TPSA) is 21.6 Å². The van der Waals surface area contributed by atoms with Crippen molar-refractivity contribution in [2.24, 2.45) is 4.99 Å². The zero-order valence-electron chi connectivity index (χ0n) is 13.4. The molecule has 0 saturated carbocycles. The molecule has 2 nitrogen and oxygen atoms in total. The average Bonchev–Trinajstić information content (AvgIpc) is 2.80. The Morgan fingerprint density at radius 3 is 1.71 bits per heavy atom. The molecule has 0 heterocycles. The fourth-order valence-corrected chi connectivity index (χ4v) is 2.95. The monoisotopic (exact) mass is 311 g/mol. The zero-order chi connectivity index (χ0) is 16.4. The SMILES string of the molecule is COc1ccc(N=c2c3ccccc3ccc3ccccc23)cc1. The Hall–Kier alpha value is -3.13. The molecule has 4 rings (SSSR count). The van der Waals surface area contributed by atoms with Crippen molar-refractivity contribution >= 4 is 27.2 Å². The molecule has 0 aliphatic rings. The van der Waals surface area contributed by atoms with Gasteiger partial charge in [-0.2, -0.15) is 0 Å². The molecule has 0 aromatic heterocycles. The molecule has 0 bridgehead atoms. The quantitative estimate of drug-likeness (QED) is 0.496. The number of hydrogen-bond donors (Lipinski definition) is 0. The van der Waals surface area contributed by atoms with Gasteiger partial charge in [-0.15, -0.1) is 0 Å². The lowest BCUT2D eigenvalue weighted by Gasteiger charge is -2.00. The van der Waals surface area contributed by atoms with Crippen molar-refractivity contribution in [1.29, 1.82) is 0 Å². The molecule has 4 aromatic rings. The molecule has 4 aromatic carbocycles. The van der Waals surface area contributed by atoms with Gasteiger partial charge in [-0.1, -0.05) is 60.7 Å². The molecular weight excluding hydrogens is 294 g/mol. The predicted octanol–water partition coefficient (Wildman–Crippen LogP) is 5.23. The summed E-state index contributed by atoms with van der Waals surface area (Å²) in [4.78, 5) is 4.96. The number of methoxy groups -OCH3 is 1. The van der Waals surface area contributed by atoms with Gasteiger partial charge in [0.2, 0.25) is 0 Å².